The SMILES string of the molecule is CCOC(=O)c1cccc(NC(=O)CCCSc2ccc(Cl)cc2)c1. The average Bonchev–Trinajstić information content (AvgIpc) is 2.61. The van der Waals surface area contributed by atoms with Crippen molar-refractivity contribution in [2.45, 2.75) is 24.7 Å². The molecule has 0 aliphatic carbocycles. The highest BCUT2D eigenvalue weighted by Gasteiger charge is 2.08. The molecule has 1 N–H and O–H groups in total. The van der Waals surface area contributed by atoms with E-state index >= 15 is 0 Å². The van der Waals surface area contributed by atoms with Gasteiger partial charge in [-0.25, -0.2) is 4.79 Å². The number of nitrogens with one attached hydrogen (secondary N) is 1. The van der Waals surface area contributed by atoms with Gasteiger partial charge in [0.05, 0.1) is 12.2 Å². The second kappa shape index (κ2) is 10.1. The van der Waals surface area contributed by atoms with Gasteiger partial charge in [0.1, 0.15) is 0 Å². The van der Waals surface area contributed by atoms with Crippen LogP contribution >= 0.6 is 23.4 Å². The van der Waals surface area contributed by atoms with Crippen LogP contribution in [0.15, 0.2) is 53.4 Å². The predicted molar refractivity (Wildman–Crippen MR) is 102 cm³/mol. The minimum absolute atomic E-state index is 0.0716. The molecule has 0 aliphatic heterocycles. The zero-order valence-electron chi connectivity index (χ0n) is 14.0. The number of rotatable bonds is 8. The topological polar surface area (TPSA) is 55.4 Å². The van der Waals surface area contributed by atoms with Crippen LogP contribution in [0, 0.1) is 0 Å². The fraction of sp³-hybridized carbons (Fsp3) is 0.263. The molecule has 1 amide bonds. The lowest BCUT2D eigenvalue weighted by Crippen LogP contribution is -2.12. The summed E-state index contributed by atoms with van der Waals surface area (Å²) in [6, 6.07) is 14.4. The van der Waals surface area contributed by atoms with Crippen LogP contribution in [0.2, 0.25) is 5.02 Å². The number of amides is 1. The maximum atomic E-state index is 12.0. The highest BCUT2D eigenvalue weighted by Crippen LogP contribution is 2.21. The highest BCUT2D eigenvalue weighted by atomic mass is 35.5. The number of carbonyl (C=O) groups is 2. The summed E-state index contributed by atoms with van der Waals surface area (Å²) in [7, 11) is 0. The van der Waals surface area contributed by atoms with Crippen molar-refractivity contribution >= 4 is 40.9 Å². The number of ether oxygens (including phenoxy) is 1. The molecule has 2 aromatic carbocycles. The van der Waals surface area contributed by atoms with Crippen LogP contribution in [-0.4, -0.2) is 24.2 Å². The van der Waals surface area contributed by atoms with Crippen molar-refractivity contribution in [3.63, 3.8) is 0 Å². The Kier molecular flexibility index (Phi) is 7.82. The standard InChI is InChI=1S/C19H20ClNO3S/c1-2-24-19(23)14-5-3-6-16(13-14)21-18(22)7-4-12-25-17-10-8-15(20)9-11-17/h3,5-6,8-11,13H,2,4,7,12H2,1H3,(H,21,22). The monoisotopic (exact) mass is 377 g/mol. The van der Waals surface area contributed by atoms with Gasteiger partial charge in [-0.1, -0.05) is 17.7 Å². The van der Waals surface area contributed by atoms with Crippen molar-refractivity contribution in [3.05, 3.63) is 59.1 Å². The van der Waals surface area contributed by atoms with Gasteiger partial charge < -0.3 is 10.1 Å². The molecule has 6 heteroatoms. The summed E-state index contributed by atoms with van der Waals surface area (Å²) in [6.45, 7) is 2.08. The van der Waals surface area contributed by atoms with E-state index in [2.05, 4.69) is 5.32 Å². The summed E-state index contributed by atoms with van der Waals surface area (Å²) in [5, 5.41) is 3.53. The van der Waals surface area contributed by atoms with Crippen molar-refractivity contribution in [3.8, 4) is 0 Å². The molecule has 0 aliphatic rings. The van der Waals surface area contributed by atoms with Gasteiger partial charge in [0.2, 0.25) is 5.91 Å². The van der Waals surface area contributed by atoms with Crippen LogP contribution in [0.4, 0.5) is 5.69 Å². The van der Waals surface area contributed by atoms with E-state index in [9.17, 15) is 9.59 Å². The number of hydrogen-bond donors (Lipinski definition) is 1. The third kappa shape index (κ3) is 6.80. The molecule has 0 aromatic heterocycles. The van der Waals surface area contributed by atoms with Gasteiger partial charge in [0, 0.05) is 22.0 Å². The first-order valence-corrected chi connectivity index (χ1v) is 9.40. The average molecular weight is 378 g/mol. The number of halogens is 1. The van der Waals surface area contributed by atoms with E-state index in [0.29, 0.717) is 29.3 Å². The summed E-state index contributed by atoms with van der Waals surface area (Å²) in [4.78, 5) is 24.9. The van der Waals surface area contributed by atoms with E-state index in [4.69, 9.17) is 16.3 Å². The number of thioether (sulfide) groups is 1. The fourth-order valence-corrected chi connectivity index (χ4v) is 3.09. The van der Waals surface area contributed by atoms with Crippen molar-refractivity contribution in [2.24, 2.45) is 0 Å². The molecule has 0 radical (unpaired) electrons. The smallest absolute Gasteiger partial charge is 0.338 e. The second-order valence-electron chi connectivity index (χ2n) is 5.26. The van der Waals surface area contributed by atoms with E-state index < -0.39 is 5.97 Å². The van der Waals surface area contributed by atoms with Gasteiger partial charge in [-0.2, -0.15) is 0 Å². The van der Waals surface area contributed by atoms with E-state index in [-0.39, 0.29) is 5.91 Å². The first-order chi connectivity index (χ1) is 12.1. The molecule has 0 unspecified atom stereocenters. The molecule has 0 saturated carbocycles. The molecular formula is C19H20ClNO3S. The molecule has 0 bridgehead atoms. The Hall–Kier alpha value is -1.98. The number of esters is 1. The van der Waals surface area contributed by atoms with E-state index in [1.165, 1.54) is 0 Å². The van der Waals surface area contributed by atoms with Crippen LogP contribution in [0.3, 0.4) is 0 Å². The number of carbonyl (C=O) groups excluding carboxylic acids is 2. The number of benzene rings is 2. The van der Waals surface area contributed by atoms with Gasteiger partial charge in [-0.05, 0) is 61.6 Å². The minimum atomic E-state index is -0.391. The molecular weight excluding hydrogens is 358 g/mol. The molecule has 132 valence electrons. The van der Waals surface area contributed by atoms with Crippen LogP contribution in [-0.2, 0) is 9.53 Å². The van der Waals surface area contributed by atoms with Gasteiger partial charge in [-0.15, -0.1) is 11.8 Å². The summed E-state index contributed by atoms with van der Waals surface area (Å²) < 4.78 is 4.95. The lowest BCUT2D eigenvalue weighted by atomic mass is 10.2. The van der Waals surface area contributed by atoms with Crippen molar-refractivity contribution in [1.82, 2.24) is 0 Å². The normalized spacial score (nSPS) is 10.3. The Labute approximate surface area is 156 Å². The van der Waals surface area contributed by atoms with Gasteiger partial charge >= 0.3 is 5.97 Å². The number of anilines is 1. The first kappa shape index (κ1) is 19.3. The Bertz CT molecular complexity index is 719. The third-order valence-corrected chi connectivity index (χ3v) is 4.64. The predicted octanol–water partition coefficient (Wildman–Crippen LogP) is 5.03. The summed E-state index contributed by atoms with van der Waals surface area (Å²) in [6.07, 6.45) is 1.18. The quantitative estimate of drug-likeness (QED) is 0.398. The molecule has 2 rings (SSSR count). The Balaban J connectivity index is 1.75. The lowest BCUT2D eigenvalue weighted by Gasteiger charge is -2.07. The first-order valence-electron chi connectivity index (χ1n) is 8.04. The van der Waals surface area contributed by atoms with Crippen LogP contribution in [0.25, 0.3) is 0 Å². The lowest BCUT2D eigenvalue weighted by molar-refractivity contribution is -0.116. The molecule has 25 heavy (non-hydrogen) atoms. The van der Waals surface area contributed by atoms with Crippen molar-refractivity contribution in [1.29, 1.82) is 0 Å². The van der Waals surface area contributed by atoms with Gasteiger partial charge in [-0.3, -0.25) is 4.79 Å². The van der Waals surface area contributed by atoms with Crippen LogP contribution in [0.1, 0.15) is 30.1 Å². The highest BCUT2D eigenvalue weighted by molar-refractivity contribution is 7.99. The van der Waals surface area contributed by atoms with E-state index in [1.54, 1.807) is 43.0 Å². The van der Waals surface area contributed by atoms with E-state index in [0.717, 1.165) is 17.1 Å². The molecule has 0 atom stereocenters. The van der Waals surface area contributed by atoms with Gasteiger partial charge in [0.25, 0.3) is 0 Å². The molecule has 0 fully saturated rings. The van der Waals surface area contributed by atoms with Crippen LogP contribution in [0.5, 0.6) is 0 Å². The van der Waals surface area contributed by atoms with Gasteiger partial charge in [0.15, 0.2) is 0 Å². The molecule has 0 heterocycles. The van der Waals surface area contributed by atoms with Crippen molar-refractivity contribution in [2.75, 3.05) is 17.7 Å². The summed E-state index contributed by atoms with van der Waals surface area (Å²) in [5.41, 5.74) is 1.03. The summed E-state index contributed by atoms with van der Waals surface area (Å²) >= 11 is 7.54. The molecule has 0 saturated heterocycles. The largest absolute Gasteiger partial charge is 0.462 e. The Morgan fingerprint density at radius 3 is 2.64 bits per heavy atom. The summed E-state index contributed by atoms with van der Waals surface area (Å²) in [5.74, 6) is 0.383. The second-order valence-corrected chi connectivity index (χ2v) is 6.86. The van der Waals surface area contributed by atoms with Crippen LogP contribution < -0.4 is 5.32 Å². The Morgan fingerprint density at radius 2 is 1.92 bits per heavy atom. The van der Waals surface area contributed by atoms with Crippen molar-refractivity contribution < 1.29 is 14.3 Å². The maximum absolute atomic E-state index is 12.0. The molecule has 2 aromatic rings. The molecule has 0 spiro atoms. The zero-order valence-corrected chi connectivity index (χ0v) is 15.5. The third-order valence-electron chi connectivity index (χ3n) is 3.29. The minimum Gasteiger partial charge on any atom is -0.462 e. The molecule has 4 nitrogen and oxygen atoms in total. The van der Waals surface area contributed by atoms with E-state index in [1.807, 2.05) is 24.3 Å². The Morgan fingerprint density at radius 1 is 1.16 bits per heavy atom. The maximum Gasteiger partial charge on any atom is 0.338 e. The zero-order chi connectivity index (χ0) is 18.1. The fourth-order valence-electron chi connectivity index (χ4n) is 2.12. The number of hydrogen-bond acceptors (Lipinski definition) is 4.